The van der Waals surface area contributed by atoms with Gasteiger partial charge in [-0.3, -0.25) is 9.78 Å². The van der Waals surface area contributed by atoms with Crippen LogP contribution in [0.5, 0.6) is 0 Å². The molecular weight excluding hydrogens is 466 g/mol. The quantitative estimate of drug-likeness (QED) is 0.332. The summed E-state index contributed by atoms with van der Waals surface area (Å²) in [7, 11) is 0. The Morgan fingerprint density at radius 1 is 1.00 bits per heavy atom. The van der Waals surface area contributed by atoms with Crippen molar-refractivity contribution in [1.29, 1.82) is 0 Å². The molecule has 4 aromatic rings. The van der Waals surface area contributed by atoms with E-state index in [1.807, 2.05) is 49.4 Å². The van der Waals surface area contributed by atoms with E-state index in [9.17, 15) is 4.79 Å². The lowest BCUT2D eigenvalue weighted by Gasteiger charge is -2.29. The summed E-state index contributed by atoms with van der Waals surface area (Å²) in [6.07, 6.45) is 4.19. The summed E-state index contributed by atoms with van der Waals surface area (Å²) in [5.41, 5.74) is 6.19. The minimum absolute atomic E-state index is 0.0440. The first-order valence-electron chi connectivity index (χ1n) is 12.1. The standard InChI is InChI=1S/C29H29N5OS/c1-20-8-5-10-22(18-20)31-26(35)14-17-34-28(27(32-29(34)36)24-12-3-4-15-30-24)25-13-7-16-33(25)23-11-6-9-21(2)19-23/h3-13,15-16,18-19,27-28H,14,17H2,1-2H3,(H,31,35)(H,32,36)/t27-,28-/m1/s1. The van der Waals surface area contributed by atoms with Gasteiger partial charge in [-0.2, -0.15) is 0 Å². The van der Waals surface area contributed by atoms with Gasteiger partial charge in [-0.25, -0.2) is 0 Å². The van der Waals surface area contributed by atoms with Crippen molar-refractivity contribution in [1.82, 2.24) is 19.8 Å². The predicted octanol–water partition coefficient (Wildman–Crippen LogP) is 5.49. The van der Waals surface area contributed by atoms with Crippen LogP contribution in [-0.2, 0) is 4.79 Å². The monoisotopic (exact) mass is 495 g/mol. The molecule has 6 nitrogen and oxygen atoms in total. The van der Waals surface area contributed by atoms with E-state index in [4.69, 9.17) is 12.2 Å². The highest BCUT2D eigenvalue weighted by atomic mass is 32.1. The maximum Gasteiger partial charge on any atom is 0.226 e. The van der Waals surface area contributed by atoms with E-state index in [-0.39, 0.29) is 18.0 Å². The zero-order chi connectivity index (χ0) is 25.1. The lowest BCUT2D eigenvalue weighted by atomic mass is 10.0. The van der Waals surface area contributed by atoms with Crippen LogP contribution in [0, 0.1) is 13.8 Å². The topological polar surface area (TPSA) is 62.2 Å². The van der Waals surface area contributed by atoms with Gasteiger partial charge >= 0.3 is 0 Å². The number of carbonyl (C=O) groups is 1. The average molecular weight is 496 g/mol. The highest BCUT2D eigenvalue weighted by Crippen LogP contribution is 2.39. The summed E-state index contributed by atoms with van der Waals surface area (Å²) in [5, 5.41) is 7.11. The lowest BCUT2D eigenvalue weighted by molar-refractivity contribution is -0.116. The van der Waals surface area contributed by atoms with Gasteiger partial charge in [0.2, 0.25) is 5.91 Å². The van der Waals surface area contributed by atoms with Gasteiger partial charge in [-0.05, 0) is 85.7 Å². The number of hydrogen-bond donors (Lipinski definition) is 2. The molecule has 0 unspecified atom stereocenters. The van der Waals surface area contributed by atoms with E-state index in [1.54, 1.807) is 6.20 Å². The Morgan fingerprint density at radius 2 is 1.81 bits per heavy atom. The number of hydrogen-bond acceptors (Lipinski definition) is 3. The molecule has 1 amide bonds. The second-order valence-corrected chi connectivity index (χ2v) is 9.52. The van der Waals surface area contributed by atoms with Gasteiger partial charge in [0.15, 0.2) is 5.11 Å². The Morgan fingerprint density at radius 3 is 2.56 bits per heavy atom. The Labute approximate surface area is 217 Å². The fraction of sp³-hybridized carbons (Fsp3) is 0.207. The zero-order valence-corrected chi connectivity index (χ0v) is 21.2. The summed E-state index contributed by atoms with van der Waals surface area (Å²) in [5.74, 6) is -0.0440. The number of pyridine rings is 1. The number of aromatic nitrogens is 2. The molecule has 0 radical (unpaired) electrons. The maximum absolute atomic E-state index is 12.8. The molecule has 0 saturated carbocycles. The molecule has 36 heavy (non-hydrogen) atoms. The minimum atomic E-state index is -0.142. The van der Waals surface area contributed by atoms with E-state index in [0.29, 0.717) is 18.1 Å². The van der Waals surface area contributed by atoms with Crippen molar-refractivity contribution in [3.8, 4) is 5.69 Å². The molecule has 2 atom stereocenters. The third-order valence-corrected chi connectivity index (χ3v) is 6.79. The van der Waals surface area contributed by atoms with Crippen LogP contribution in [0.1, 0.15) is 41.0 Å². The van der Waals surface area contributed by atoms with E-state index in [0.717, 1.165) is 28.3 Å². The number of anilines is 1. The van der Waals surface area contributed by atoms with Gasteiger partial charge in [-0.15, -0.1) is 0 Å². The first kappa shape index (κ1) is 23.8. The van der Waals surface area contributed by atoms with Crippen LogP contribution in [0.3, 0.4) is 0 Å². The number of thiocarbonyl (C=S) groups is 1. The molecule has 2 aromatic heterocycles. The molecule has 0 bridgehead atoms. The van der Waals surface area contributed by atoms with Gasteiger partial charge in [-0.1, -0.05) is 30.3 Å². The molecule has 1 aliphatic rings. The number of amides is 1. The molecule has 7 heteroatoms. The number of benzene rings is 2. The molecular formula is C29H29N5OS. The first-order valence-corrected chi connectivity index (χ1v) is 12.5. The maximum atomic E-state index is 12.8. The van der Waals surface area contributed by atoms with Crippen LogP contribution in [-0.4, -0.2) is 32.0 Å². The molecule has 3 heterocycles. The van der Waals surface area contributed by atoms with Gasteiger partial charge in [0.1, 0.15) is 0 Å². The van der Waals surface area contributed by atoms with Gasteiger partial charge in [0, 0.05) is 42.4 Å². The summed E-state index contributed by atoms with van der Waals surface area (Å²) in [6, 6.07) is 26.1. The molecule has 182 valence electrons. The molecule has 0 aliphatic carbocycles. The van der Waals surface area contributed by atoms with Crippen LogP contribution in [0.15, 0.2) is 91.3 Å². The fourth-order valence-electron chi connectivity index (χ4n) is 4.78. The van der Waals surface area contributed by atoms with Crippen molar-refractivity contribution in [2.75, 3.05) is 11.9 Å². The molecule has 1 fully saturated rings. The molecule has 2 aromatic carbocycles. The predicted molar refractivity (Wildman–Crippen MR) is 147 cm³/mol. The SMILES string of the molecule is Cc1cccc(NC(=O)CCN2C(=S)N[C@H](c3ccccn3)[C@H]2c2cccn2-c2cccc(C)c2)c1. The number of carbonyl (C=O) groups excluding carboxylic acids is 1. The van der Waals surface area contributed by atoms with E-state index in [1.165, 1.54) is 5.56 Å². The Hall–Kier alpha value is -3.97. The van der Waals surface area contributed by atoms with Crippen molar-refractivity contribution < 1.29 is 4.79 Å². The number of nitrogens with one attached hydrogen (secondary N) is 2. The van der Waals surface area contributed by atoms with E-state index >= 15 is 0 Å². The number of rotatable bonds is 7. The summed E-state index contributed by atoms with van der Waals surface area (Å²) >= 11 is 5.79. The van der Waals surface area contributed by atoms with Crippen LogP contribution in [0.25, 0.3) is 5.69 Å². The minimum Gasteiger partial charge on any atom is -0.352 e. The van der Waals surface area contributed by atoms with Crippen molar-refractivity contribution in [2.45, 2.75) is 32.4 Å². The largest absolute Gasteiger partial charge is 0.352 e. The molecule has 2 N–H and O–H groups in total. The zero-order valence-electron chi connectivity index (χ0n) is 20.4. The second-order valence-electron chi connectivity index (χ2n) is 9.13. The Bertz CT molecular complexity index is 1380. The second kappa shape index (κ2) is 10.3. The van der Waals surface area contributed by atoms with Crippen LogP contribution >= 0.6 is 12.2 Å². The van der Waals surface area contributed by atoms with Crippen LogP contribution in [0.4, 0.5) is 5.69 Å². The van der Waals surface area contributed by atoms with Crippen LogP contribution in [0.2, 0.25) is 0 Å². The third kappa shape index (κ3) is 5.02. The van der Waals surface area contributed by atoms with Gasteiger partial charge in [0.05, 0.1) is 17.8 Å². The smallest absolute Gasteiger partial charge is 0.226 e. The van der Waals surface area contributed by atoms with Gasteiger partial charge < -0.3 is 20.1 Å². The molecule has 5 rings (SSSR count). The van der Waals surface area contributed by atoms with Gasteiger partial charge in [0.25, 0.3) is 0 Å². The Kier molecular flexibility index (Phi) is 6.82. The summed E-state index contributed by atoms with van der Waals surface area (Å²) < 4.78 is 2.20. The molecule has 1 aliphatic heterocycles. The van der Waals surface area contributed by atoms with Crippen molar-refractivity contribution in [2.24, 2.45) is 0 Å². The first-order chi connectivity index (χ1) is 17.5. The van der Waals surface area contributed by atoms with Crippen molar-refractivity contribution >= 4 is 28.9 Å². The summed E-state index contributed by atoms with van der Waals surface area (Å²) in [4.78, 5) is 19.6. The van der Waals surface area contributed by atoms with E-state index < -0.39 is 0 Å². The highest BCUT2D eigenvalue weighted by Gasteiger charge is 2.41. The lowest BCUT2D eigenvalue weighted by Crippen LogP contribution is -2.33. The molecule has 1 saturated heterocycles. The Balaban J connectivity index is 1.44. The van der Waals surface area contributed by atoms with Crippen molar-refractivity contribution in [3.05, 3.63) is 114 Å². The average Bonchev–Trinajstić information content (AvgIpc) is 3.47. The fourth-order valence-corrected chi connectivity index (χ4v) is 5.12. The molecule has 0 spiro atoms. The highest BCUT2D eigenvalue weighted by molar-refractivity contribution is 7.80. The number of aryl methyl sites for hydroxylation is 2. The number of nitrogens with zero attached hydrogens (tertiary/aromatic N) is 3. The normalized spacial score (nSPS) is 17.2. The van der Waals surface area contributed by atoms with Crippen molar-refractivity contribution in [3.63, 3.8) is 0 Å². The summed E-state index contributed by atoms with van der Waals surface area (Å²) in [6.45, 7) is 4.58. The third-order valence-electron chi connectivity index (χ3n) is 6.44. The van der Waals surface area contributed by atoms with Crippen LogP contribution < -0.4 is 10.6 Å². The van der Waals surface area contributed by atoms with E-state index in [2.05, 4.69) is 74.6 Å².